The van der Waals surface area contributed by atoms with E-state index in [4.69, 9.17) is 0 Å². The van der Waals surface area contributed by atoms with E-state index < -0.39 is 61.6 Å². The highest BCUT2D eigenvalue weighted by molar-refractivity contribution is 5.01. The standard InChI is InChI=1S/C65H126O11/c1-16-55(5,66)32-18-30-54(4)31-19-34-57(7,68)36-21-38-59(9,70)40-23-42-61(11,72)44-25-46-63(13,74)48-27-50-65(15,76)52-28-51-64(14,75)49-26-47-62(12,73)45-24-43-60(10,71)41-22-39-58(8,69)37-20-35-56(6,67)33-17-29-53(2)3/h16,29-30,66-76H,1,17-28,31-52H2,2-15H3/b54-30+. The van der Waals surface area contributed by atoms with Crippen LogP contribution in [-0.4, -0.2) is 118 Å². The van der Waals surface area contributed by atoms with Crippen LogP contribution >= 0.6 is 0 Å². The van der Waals surface area contributed by atoms with Crippen molar-refractivity contribution in [1.29, 1.82) is 0 Å². The van der Waals surface area contributed by atoms with Crippen LogP contribution in [0.4, 0.5) is 0 Å². The molecule has 0 saturated carbocycles. The minimum atomic E-state index is -0.931. The Balaban J connectivity index is 4.47. The van der Waals surface area contributed by atoms with Crippen LogP contribution in [0, 0.1) is 0 Å². The summed E-state index contributed by atoms with van der Waals surface area (Å²) in [6.07, 6.45) is 27.3. The predicted octanol–water partition coefficient (Wildman–Crippen LogP) is 13.6. The Morgan fingerprint density at radius 3 is 0.658 bits per heavy atom. The van der Waals surface area contributed by atoms with E-state index in [0.717, 1.165) is 32.1 Å². The van der Waals surface area contributed by atoms with Crippen molar-refractivity contribution >= 4 is 0 Å². The number of hydrogen-bond donors (Lipinski definition) is 11. The third kappa shape index (κ3) is 41.7. The molecule has 0 aliphatic heterocycles. The summed E-state index contributed by atoms with van der Waals surface area (Å²) in [7, 11) is 0. The Morgan fingerprint density at radius 1 is 0.276 bits per heavy atom. The average molecular weight is 1080 g/mol. The summed E-state index contributed by atoms with van der Waals surface area (Å²) in [6, 6.07) is 0. The summed E-state index contributed by atoms with van der Waals surface area (Å²) in [4.78, 5) is 0. The van der Waals surface area contributed by atoms with Gasteiger partial charge in [0.15, 0.2) is 0 Å². The zero-order chi connectivity index (χ0) is 58.8. The largest absolute Gasteiger partial charge is 0.390 e. The van der Waals surface area contributed by atoms with Gasteiger partial charge in [0.2, 0.25) is 0 Å². The molecule has 452 valence electrons. The highest BCUT2D eigenvalue weighted by atomic mass is 16.3. The zero-order valence-corrected chi connectivity index (χ0v) is 51.9. The van der Waals surface area contributed by atoms with Gasteiger partial charge in [0.25, 0.3) is 0 Å². The van der Waals surface area contributed by atoms with E-state index in [1.165, 1.54) is 11.1 Å². The molecule has 0 radical (unpaired) electrons. The molecule has 0 aliphatic carbocycles. The van der Waals surface area contributed by atoms with Crippen molar-refractivity contribution in [2.75, 3.05) is 0 Å². The monoisotopic (exact) mass is 1080 g/mol. The summed E-state index contributed by atoms with van der Waals surface area (Å²) < 4.78 is 0. The molecule has 0 aromatic heterocycles. The lowest BCUT2D eigenvalue weighted by Gasteiger charge is -2.31. The fraction of sp³-hybridized carbons (Fsp3) is 0.908. The molecule has 0 heterocycles. The van der Waals surface area contributed by atoms with Gasteiger partial charge in [0, 0.05) is 0 Å². The van der Waals surface area contributed by atoms with Gasteiger partial charge in [-0.3, -0.25) is 0 Å². The zero-order valence-electron chi connectivity index (χ0n) is 51.9. The maximum atomic E-state index is 11.2. The van der Waals surface area contributed by atoms with Crippen LogP contribution in [0.1, 0.15) is 315 Å². The molecule has 0 aliphatic rings. The Hall–Kier alpha value is -1.22. The molecule has 11 atom stereocenters. The summed E-state index contributed by atoms with van der Waals surface area (Å²) in [5.41, 5.74) is -7.16. The van der Waals surface area contributed by atoms with Crippen LogP contribution in [0.3, 0.4) is 0 Å². The molecule has 0 fully saturated rings. The van der Waals surface area contributed by atoms with Crippen molar-refractivity contribution in [1.82, 2.24) is 0 Å². The molecule has 11 nitrogen and oxygen atoms in total. The van der Waals surface area contributed by atoms with Crippen molar-refractivity contribution in [3.8, 4) is 0 Å². The molecule has 0 aromatic rings. The second-order valence-electron chi connectivity index (χ2n) is 28.5. The molecule has 0 bridgehead atoms. The van der Waals surface area contributed by atoms with E-state index in [-0.39, 0.29) is 0 Å². The molecule has 0 saturated heterocycles. The fourth-order valence-electron chi connectivity index (χ4n) is 11.1. The predicted molar refractivity (Wildman–Crippen MR) is 317 cm³/mol. The van der Waals surface area contributed by atoms with Crippen molar-refractivity contribution in [2.45, 2.75) is 377 Å². The molecule has 11 N–H and O–H groups in total. The maximum Gasteiger partial charge on any atom is 0.0800 e. The first-order chi connectivity index (χ1) is 34.4. The Kier molecular flexibility index (Phi) is 33.1. The Bertz CT molecular complexity index is 1620. The van der Waals surface area contributed by atoms with Crippen LogP contribution in [0.5, 0.6) is 0 Å². The molecule has 0 spiro atoms. The van der Waals surface area contributed by atoms with Gasteiger partial charge >= 0.3 is 0 Å². The second-order valence-corrected chi connectivity index (χ2v) is 28.5. The number of aliphatic hydroxyl groups is 11. The van der Waals surface area contributed by atoms with E-state index in [1.807, 2.05) is 69.2 Å². The number of allylic oxidation sites excluding steroid dienone is 4. The van der Waals surface area contributed by atoms with Gasteiger partial charge in [-0.1, -0.05) is 29.4 Å². The second kappa shape index (κ2) is 33.6. The third-order valence-electron chi connectivity index (χ3n) is 17.0. The average Bonchev–Trinajstić information content (AvgIpc) is 3.21. The Labute approximate surface area is 467 Å². The summed E-state index contributed by atoms with van der Waals surface area (Å²) >= 11 is 0. The van der Waals surface area contributed by atoms with Crippen LogP contribution in [-0.2, 0) is 0 Å². The molecular weight excluding hydrogens is 957 g/mol. The fourth-order valence-corrected chi connectivity index (χ4v) is 11.1. The van der Waals surface area contributed by atoms with Gasteiger partial charge in [0.1, 0.15) is 0 Å². The Morgan fingerprint density at radius 2 is 0.461 bits per heavy atom. The van der Waals surface area contributed by atoms with E-state index in [0.29, 0.717) is 186 Å². The van der Waals surface area contributed by atoms with Crippen LogP contribution in [0.2, 0.25) is 0 Å². The molecular formula is C65H126O11. The molecule has 0 aromatic carbocycles. The highest BCUT2D eigenvalue weighted by Gasteiger charge is 2.32. The quantitative estimate of drug-likeness (QED) is 0.0257. The normalized spacial score (nSPS) is 21.4. The van der Waals surface area contributed by atoms with Crippen LogP contribution in [0.25, 0.3) is 0 Å². The molecule has 11 unspecified atom stereocenters. The first kappa shape index (κ1) is 74.8. The van der Waals surface area contributed by atoms with Crippen LogP contribution in [0.15, 0.2) is 36.0 Å². The highest BCUT2D eigenvalue weighted by Crippen LogP contribution is 2.34. The minimum Gasteiger partial charge on any atom is -0.390 e. The first-order valence-electron chi connectivity index (χ1n) is 30.3. The smallest absolute Gasteiger partial charge is 0.0800 e. The molecule has 0 amide bonds. The lowest BCUT2D eigenvalue weighted by atomic mass is 9.83. The molecule has 11 heteroatoms. The van der Waals surface area contributed by atoms with Gasteiger partial charge in [-0.15, -0.1) is 6.58 Å². The lowest BCUT2D eigenvalue weighted by Crippen LogP contribution is -2.31. The van der Waals surface area contributed by atoms with E-state index in [9.17, 15) is 56.2 Å². The van der Waals surface area contributed by atoms with Gasteiger partial charge in [-0.2, -0.15) is 0 Å². The lowest BCUT2D eigenvalue weighted by molar-refractivity contribution is -0.00901. The van der Waals surface area contributed by atoms with Crippen molar-refractivity contribution in [3.05, 3.63) is 36.0 Å². The number of rotatable bonds is 47. The SMILES string of the molecule is C=CC(C)(O)CC/C=C(\C)CCCC(C)(O)CCCC(C)(O)CCCC(C)(O)CCCC(C)(O)CCCC(C)(O)CCCC(C)(O)CCCC(C)(O)CCCC(C)(O)CCCC(C)(O)CCCC(C)(O)CCC=C(C)C. The first-order valence-corrected chi connectivity index (χ1v) is 30.3. The van der Waals surface area contributed by atoms with Gasteiger partial charge in [-0.05, 0) is 315 Å². The molecule has 0 rings (SSSR count). The van der Waals surface area contributed by atoms with Gasteiger partial charge in [0.05, 0.1) is 61.6 Å². The van der Waals surface area contributed by atoms with Gasteiger partial charge in [-0.25, -0.2) is 0 Å². The molecule has 76 heavy (non-hydrogen) atoms. The number of hydrogen-bond acceptors (Lipinski definition) is 11. The van der Waals surface area contributed by atoms with Crippen molar-refractivity contribution in [2.24, 2.45) is 0 Å². The van der Waals surface area contributed by atoms with E-state index in [1.54, 1.807) is 13.0 Å². The summed E-state index contributed by atoms with van der Waals surface area (Å²) in [5, 5.41) is 121. The van der Waals surface area contributed by atoms with Crippen molar-refractivity contribution < 1.29 is 56.2 Å². The third-order valence-corrected chi connectivity index (χ3v) is 17.0. The van der Waals surface area contributed by atoms with Gasteiger partial charge < -0.3 is 56.2 Å². The van der Waals surface area contributed by atoms with Crippen molar-refractivity contribution in [3.63, 3.8) is 0 Å². The minimum absolute atomic E-state index is 0.528. The van der Waals surface area contributed by atoms with E-state index >= 15 is 0 Å². The van der Waals surface area contributed by atoms with E-state index in [2.05, 4.69) is 39.5 Å². The maximum absolute atomic E-state index is 11.2. The topological polar surface area (TPSA) is 223 Å². The van der Waals surface area contributed by atoms with Crippen LogP contribution < -0.4 is 0 Å². The summed E-state index contributed by atoms with van der Waals surface area (Å²) in [5.74, 6) is 0. The summed E-state index contributed by atoms with van der Waals surface area (Å²) in [6.45, 7) is 30.0.